The molecule has 5 rings (SSSR count). The number of hydrogen-bond donors (Lipinski definition) is 2. The van der Waals surface area contributed by atoms with Gasteiger partial charge in [0.05, 0.1) is 23.8 Å². The van der Waals surface area contributed by atoms with E-state index in [4.69, 9.17) is 9.47 Å². The summed E-state index contributed by atoms with van der Waals surface area (Å²) >= 11 is 0. The summed E-state index contributed by atoms with van der Waals surface area (Å²) in [4.78, 5) is 37.5. The molecular formula is C28H34N8O3. The molecular weight excluding hydrogens is 496 g/mol. The zero-order valence-corrected chi connectivity index (χ0v) is 22.9. The van der Waals surface area contributed by atoms with Gasteiger partial charge in [0.25, 0.3) is 0 Å². The number of carbonyl (C=O) groups excluding carboxylic acids is 1. The maximum atomic E-state index is 12.4. The van der Waals surface area contributed by atoms with Crippen molar-refractivity contribution in [3.8, 4) is 17.1 Å². The monoisotopic (exact) mass is 530 g/mol. The Labute approximate surface area is 227 Å². The van der Waals surface area contributed by atoms with Crippen LogP contribution in [0.5, 0.6) is 5.88 Å². The molecule has 4 heterocycles. The molecule has 204 valence electrons. The molecule has 1 aromatic carbocycles. The van der Waals surface area contributed by atoms with E-state index < -0.39 is 5.60 Å². The zero-order valence-electron chi connectivity index (χ0n) is 22.9. The lowest BCUT2D eigenvalue weighted by Gasteiger charge is -2.38. The van der Waals surface area contributed by atoms with Crippen LogP contribution in [0.3, 0.4) is 0 Å². The summed E-state index contributed by atoms with van der Waals surface area (Å²) in [6, 6.07) is 11.9. The van der Waals surface area contributed by atoms with E-state index in [1.165, 1.54) is 6.33 Å². The van der Waals surface area contributed by atoms with Crippen molar-refractivity contribution in [1.82, 2.24) is 34.7 Å². The molecule has 1 aliphatic rings. The minimum Gasteiger partial charge on any atom is -0.481 e. The number of nitrogens with zero attached hydrogens (tertiary/aromatic N) is 6. The average Bonchev–Trinajstić information content (AvgIpc) is 3.33. The van der Waals surface area contributed by atoms with E-state index in [0.717, 1.165) is 40.9 Å². The van der Waals surface area contributed by atoms with E-state index in [-0.39, 0.29) is 12.1 Å². The number of rotatable bonds is 6. The van der Waals surface area contributed by atoms with E-state index in [1.807, 2.05) is 51.1 Å². The molecule has 11 heteroatoms. The summed E-state index contributed by atoms with van der Waals surface area (Å²) in [6.45, 7) is 10.7. The van der Waals surface area contributed by atoms with E-state index in [9.17, 15) is 4.79 Å². The van der Waals surface area contributed by atoms with Gasteiger partial charge < -0.3 is 24.7 Å². The highest BCUT2D eigenvalue weighted by Gasteiger charge is 2.28. The Morgan fingerprint density at radius 2 is 1.85 bits per heavy atom. The van der Waals surface area contributed by atoms with Crippen LogP contribution in [-0.2, 0) is 4.74 Å². The van der Waals surface area contributed by atoms with Crippen LogP contribution in [0.15, 0.2) is 48.9 Å². The van der Waals surface area contributed by atoms with Gasteiger partial charge in [0.2, 0.25) is 11.8 Å². The van der Waals surface area contributed by atoms with Gasteiger partial charge in [-0.15, -0.1) is 0 Å². The molecule has 3 aromatic heterocycles. The Morgan fingerprint density at radius 1 is 1.05 bits per heavy atom. The van der Waals surface area contributed by atoms with Gasteiger partial charge >= 0.3 is 6.09 Å². The Morgan fingerprint density at radius 3 is 2.59 bits per heavy atom. The van der Waals surface area contributed by atoms with E-state index in [0.29, 0.717) is 30.7 Å². The standard InChI is InChI=1S/C28H34N8O3/c1-18(35-10-12-36(13-11-35)27(37)39-28(2,3)4)19-8-9-29-24(15-19)34-26-32-21-7-6-20(14-23(21)33-26)22-16-25(38-5)31-17-30-22/h6-9,14-18H,10-13H2,1-5H3,(H2,29,32,33,34). The molecule has 0 saturated carbocycles. The topological polar surface area (TPSA) is 121 Å². The first kappa shape index (κ1) is 26.4. The molecule has 0 radical (unpaired) electrons. The summed E-state index contributed by atoms with van der Waals surface area (Å²) < 4.78 is 10.7. The maximum Gasteiger partial charge on any atom is 0.410 e. The SMILES string of the molecule is COc1cc(-c2ccc3nc(Nc4cc(C(C)N5CCN(C(=O)OC(C)(C)C)CC5)ccn4)[nH]c3c2)ncn1. The predicted octanol–water partition coefficient (Wildman–Crippen LogP) is 4.78. The lowest BCUT2D eigenvalue weighted by molar-refractivity contribution is 0.0110. The number of ether oxygens (including phenoxy) is 2. The lowest BCUT2D eigenvalue weighted by atomic mass is 10.1. The van der Waals surface area contributed by atoms with Crippen molar-refractivity contribution in [3.63, 3.8) is 0 Å². The third-order valence-electron chi connectivity index (χ3n) is 6.66. The van der Waals surface area contributed by atoms with Gasteiger partial charge in [-0.3, -0.25) is 4.90 Å². The molecule has 4 aromatic rings. The number of hydrogen-bond acceptors (Lipinski definition) is 9. The zero-order chi connectivity index (χ0) is 27.6. The van der Waals surface area contributed by atoms with E-state index in [1.54, 1.807) is 24.3 Å². The third-order valence-corrected chi connectivity index (χ3v) is 6.66. The van der Waals surface area contributed by atoms with Crippen molar-refractivity contribution in [2.24, 2.45) is 0 Å². The van der Waals surface area contributed by atoms with Crippen LogP contribution >= 0.6 is 0 Å². The van der Waals surface area contributed by atoms with Gasteiger partial charge in [0.1, 0.15) is 17.7 Å². The van der Waals surface area contributed by atoms with E-state index >= 15 is 0 Å². The first-order valence-corrected chi connectivity index (χ1v) is 13.0. The summed E-state index contributed by atoms with van der Waals surface area (Å²) in [6.07, 6.45) is 3.03. The Balaban J connectivity index is 1.25. The van der Waals surface area contributed by atoms with Gasteiger partial charge in [-0.05, 0) is 57.5 Å². The van der Waals surface area contributed by atoms with Crippen molar-refractivity contribution in [3.05, 3.63) is 54.5 Å². The van der Waals surface area contributed by atoms with Crippen molar-refractivity contribution in [1.29, 1.82) is 0 Å². The first-order valence-electron chi connectivity index (χ1n) is 13.0. The molecule has 0 aliphatic carbocycles. The molecule has 0 spiro atoms. The molecule has 39 heavy (non-hydrogen) atoms. The number of anilines is 2. The number of fused-ring (bicyclic) bond motifs is 1. The molecule has 11 nitrogen and oxygen atoms in total. The number of piperazine rings is 1. The number of aromatic amines is 1. The van der Waals surface area contributed by atoms with Gasteiger partial charge in [-0.1, -0.05) is 6.07 Å². The second-order valence-electron chi connectivity index (χ2n) is 10.5. The lowest BCUT2D eigenvalue weighted by Crippen LogP contribution is -2.50. The largest absolute Gasteiger partial charge is 0.481 e. The number of nitrogens with one attached hydrogen (secondary N) is 2. The predicted molar refractivity (Wildman–Crippen MR) is 149 cm³/mol. The first-order chi connectivity index (χ1) is 18.7. The van der Waals surface area contributed by atoms with Crippen LogP contribution in [0.2, 0.25) is 0 Å². The summed E-state index contributed by atoms with van der Waals surface area (Å²) in [5.41, 5.74) is 4.04. The summed E-state index contributed by atoms with van der Waals surface area (Å²) in [5, 5.41) is 3.30. The Hall–Kier alpha value is -4.25. The fraction of sp³-hybridized carbons (Fsp3) is 0.393. The minimum absolute atomic E-state index is 0.164. The molecule has 2 N–H and O–H groups in total. The van der Waals surface area contributed by atoms with Gasteiger partial charge in [0.15, 0.2) is 0 Å². The Kier molecular flexibility index (Phi) is 7.34. The number of aromatic nitrogens is 5. The number of amides is 1. The number of methoxy groups -OCH3 is 1. The molecule has 0 bridgehead atoms. The molecule has 1 fully saturated rings. The number of benzene rings is 1. The van der Waals surface area contributed by atoms with Crippen LogP contribution in [0.4, 0.5) is 16.6 Å². The van der Waals surface area contributed by atoms with Crippen LogP contribution in [0, 0.1) is 0 Å². The minimum atomic E-state index is -0.491. The molecule has 1 aliphatic heterocycles. The number of pyridine rings is 1. The fourth-order valence-electron chi connectivity index (χ4n) is 4.56. The average molecular weight is 531 g/mol. The second kappa shape index (κ2) is 10.9. The van der Waals surface area contributed by atoms with Crippen molar-refractivity contribution in [2.75, 3.05) is 38.6 Å². The summed E-state index contributed by atoms with van der Waals surface area (Å²) in [7, 11) is 1.58. The van der Waals surface area contributed by atoms with Crippen molar-refractivity contribution >= 4 is 28.9 Å². The number of carbonyl (C=O) groups is 1. The quantitative estimate of drug-likeness (QED) is 0.363. The Bertz CT molecular complexity index is 1460. The van der Waals surface area contributed by atoms with Crippen LogP contribution in [0.25, 0.3) is 22.3 Å². The van der Waals surface area contributed by atoms with Crippen molar-refractivity contribution in [2.45, 2.75) is 39.3 Å². The highest BCUT2D eigenvalue weighted by molar-refractivity contribution is 5.83. The molecule has 1 atom stereocenters. The van der Waals surface area contributed by atoms with Gasteiger partial charge in [-0.2, -0.15) is 0 Å². The second-order valence-corrected chi connectivity index (χ2v) is 10.5. The van der Waals surface area contributed by atoms with Crippen LogP contribution in [0.1, 0.15) is 39.3 Å². The van der Waals surface area contributed by atoms with Gasteiger partial charge in [0, 0.05) is 50.0 Å². The fourth-order valence-corrected chi connectivity index (χ4v) is 4.56. The summed E-state index contributed by atoms with van der Waals surface area (Å²) in [5.74, 6) is 1.81. The van der Waals surface area contributed by atoms with Gasteiger partial charge in [-0.25, -0.2) is 24.7 Å². The molecule has 1 saturated heterocycles. The third kappa shape index (κ3) is 6.26. The van der Waals surface area contributed by atoms with Crippen LogP contribution < -0.4 is 10.1 Å². The molecule has 1 amide bonds. The maximum absolute atomic E-state index is 12.4. The van der Waals surface area contributed by atoms with Crippen molar-refractivity contribution < 1.29 is 14.3 Å². The molecule has 1 unspecified atom stereocenters. The normalized spacial score (nSPS) is 15.3. The van der Waals surface area contributed by atoms with E-state index in [2.05, 4.69) is 42.1 Å². The highest BCUT2D eigenvalue weighted by Crippen LogP contribution is 2.27. The van der Waals surface area contributed by atoms with Crippen LogP contribution in [-0.4, -0.2) is 79.7 Å². The number of H-pyrrole nitrogens is 1. The number of imidazole rings is 1. The smallest absolute Gasteiger partial charge is 0.410 e. The highest BCUT2D eigenvalue weighted by atomic mass is 16.6.